The molecule has 1 heterocycles. The Labute approximate surface area is 124 Å². The van der Waals surface area contributed by atoms with Crippen LogP contribution in [0.4, 0.5) is 0 Å². The number of nitrogens with zero attached hydrogens (tertiary/aromatic N) is 1. The first-order chi connectivity index (χ1) is 10.4. The molecule has 0 fully saturated rings. The lowest BCUT2D eigenvalue weighted by Crippen LogP contribution is -2.03. The maximum absolute atomic E-state index is 5.57. The van der Waals surface area contributed by atoms with Gasteiger partial charge in [-0.05, 0) is 41.5 Å². The van der Waals surface area contributed by atoms with Gasteiger partial charge in [-0.1, -0.05) is 24.3 Å². The summed E-state index contributed by atoms with van der Waals surface area (Å²) in [7, 11) is 1.67. The Morgan fingerprint density at radius 2 is 1.71 bits per heavy atom. The van der Waals surface area contributed by atoms with Crippen molar-refractivity contribution >= 4 is 10.9 Å². The summed E-state index contributed by atoms with van der Waals surface area (Å²) in [6.07, 6.45) is 1.81. The molecule has 0 saturated carbocycles. The number of aromatic nitrogens is 1. The van der Waals surface area contributed by atoms with E-state index in [1.54, 1.807) is 7.11 Å². The minimum atomic E-state index is 0.567. The average Bonchev–Trinajstić information content (AvgIpc) is 2.55. The first-order valence-electron chi connectivity index (χ1n) is 6.94. The third kappa shape index (κ3) is 3.20. The molecule has 0 N–H and O–H groups in total. The molecule has 0 atom stereocenters. The fourth-order valence-corrected chi connectivity index (χ4v) is 2.24. The molecule has 0 radical (unpaired) electrons. The van der Waals surface area contributed by atoms with Gasteiger partial charge in [0.1, 0.15) is 12.4 Å². The molecular weight excluding hydrogens is 262 g/mol. The quantitative estimate of drug-likeness (QED) is 0.663. The summed E-state index contributed by atoms with van der Waals surface area (Å²) in [6, 6.07) is 18.4. The Morgan fingerprint density at radius 3 is 2.52 bits per heavy atom. The number of benzene rings is 2. The highest BCUT2D eigenvalue weighted by atomic mass is 16.5. The van der Waals surface area contributed by atoms with Gasteiger partial charge in [-0.2, -0.15) is 0 Å². The Kier molecular flexibility index (Phi) is 4.12. The number of rotatable bonds is 5. The number of ether oxygens (including phenoxy) is 2. The van der Waals surface area contributed by atoms with Gasteiger partial charge in [0.2, 0.25) is 0 Å². The van der Waals surface area contributed by atoms with E-state index in [1.165, 1.54) is 11.1 Å². The highest BCUT2D eigenvalue weighted by Crippen LogP contribution is 2.25. The first-order valence-corrected chi connectivity index (χ1v) is 6.94. The molecule has 21 heavy (non-hydrogen) atoms. The Balaban J connectivity index is 1.81. The van der Waals surface area contributed by atoms with Crippen LogP contribution in [0.1, 0.15) is 0 Å². The second-order valence-corrected chi connectivity index (χ2v) is 4.78. The van der Waals surface area contributed by atoms with Gasteiger partial charge in [-0.25, -0.2) is 0 Å². The van der Waals surface area contributed by atoms with Gasteiger partial charge in [0, 0.05) is 18.7 Å². The molecule has 0 spiro atoms. The van der Waals surface area contributed by atoms with Crippen LogP contribution in [0.25, 0.3) is 22.0 Å². The van der Waals surface area contributed by atoms with E-state index in [0.29, 0.717) is 13.2 Å². The van der Waals surface area contributed by atoms with Crippen LogP contribution in [0.5, 0.6) is 5.75 Å². The highest BCUT2D eigenvalue weighted by molar-refractivity contribution is 5.84. The largest absolute Gasteiger partial charge is 0.491 e. The van der Waals surface area contributed by atoms with Crippen molar-refractivity contribution in [3.63, 3.8) is 0 Å². The number of fused-ring (bicyclic) bond motifs is 1. The lowest BCUT2D eigenvalue weighted by molar-refractivity contribution is 0.146. The molecule has 3 nitrogen and oxygen atoms in total. The third-order valence-corrected chi connectivity index (χ3v) is 3.35. The van der Waals surface area contributed by atoms with E-state index in [9.17, 15) is 0 Å². The zero-order valence-electron chi connectivity index (χ0n) is 12.0. The van der Waals surface area contributed by atoms with Gasteiger partial charge in [0.15, 0.2) is 0 Å². The van der Waals surface area contributed by atoms with Gasteiger partial charge in [-0.15, -0.1) is 0 Å². The molecule has 0 aliphatic rings. The predicted octanol–water partition coefficient (Wildman–Crippen LogP) is 3.93. The van der Waals surface area contributed by atoms with E-state index in [4.69, 9.17) is 9.47 Å². The van der Waals surface area contributed by atoms with E-state index < -0.39 is 0 Å². The van der Waals surface area contributed by atoms with Gasteiger partial charge < -0.3 is 9.47 Å². The van der Waals surface area contributed by atoms with Crippen molar-refractivity contribution in [1.82, 2.24) is 4.98 Å². The highest BCUT2D eigenvalue weighted by Gasteiger charge is 2.01. The van der Waals surface area contributed by atoms with Gasteiger partial charge in [-0.3, -0.25) is 4.98 Å². The summed E-state index contributed by atoms with van der Waals surface area (Å²) in [5.41, 5.74) is 3.36. The van der Waals surface area contributed by atoms with Crippen molar-refractivity contribution in [1.29, 1.82) is 0 Å². The van der Waals surface area contributed by atoms with E-state index in [-0.39, 0.29) is 0 Å². The normalized spacial score (nSPS) is 10.7. The number of hydrogen-bond acceptors (Lipinski definition) is 3. The third-order valence-electron chi connectivity index (χ3n) is 3.35. The van der Waals surface area contributed by atoms with E-state index >= 15 is 0 Å². The molecule has 0 unspecified atom stereocenters. The Bertz CT molecular complexity index is 723. The van der Waals surface area contributed by atoms with Crippen molar-refractivity contribution in [2.24, 2.45) is 0 Å². The summed E-state index contributed by atoms with van der Waals surface area (Å²) in [4.78, 5) is 4.34. The molecular formula is C18H17NO2. The summed E-state index contributed by atoms with van der Waals surface area (Å²) in [6.45, 7) is 1.16. The molecule has 3 rings (SSSR count). The molecule has 3 aromatic rings. The topological polar surface area (TPSA) is 31.4 Å². The van der Waals surface area contributed by atoms with Crippen LogP contribution in [0, 0.1) is 0 Å². The lowest BCUT2D eigenvalue weighted by Gasteiger charge is -2.07. The van der Waals surface area contributed by atoms with Crippen molar-refractivity contribution in [3.8, 4) is 16.9 Å². The monoisotopic (exact) mass is 279 g/mol. The van der Waals surface area contributed by atoms with Crippen LogP contribution in [0.15, 0.2) is 60.8 Å². The van der Waals surface area contributed by atoms with Crippen LogP contribution >= 0.6 is 0 Å². The minimum absolute atomic E-state index is 0.567. The second-order valence-electron chi connectivity index (χ2n) is 4.78. The SMILES string of the molecule is COCCOc1ccc(-c2ccc3ncccc3c2)cc1. The molecule has 1 aromatic heterocycles. The Morgan fingerprint density at radius 1 is 0.905 bits per heavy atom. The summed E-state index contributed by atoms with van der Waals surface area (Å²) >= 11 is 0. The lowest BCUT2D eigenvalue weighted by atomic mass is 10.0. The van der Waals surface area contributed by atoms with E-state index in [0.717, 1.165) is 16.7 Å². The minimum Gasteiger partial charge on any atom is -0.491 e. The zero-order chi connectivity index (χ0) is 14.5. The van der Waals surface area contributed by atoms with Crippen LogP contribution in [0.2, 0.25) is 0 Å². The number of pyridine rings is 1. The maximum Gasteiger partial charge on any atom is 0.119 e. The molecule has 0 amide bonds. The summed E-state index contributed by atoms with van der Waals surface area (Å²) < 4.78 is 10.5. The molecule has 0 aliphatic heterocycles. The molecule has 106 valence electrons. The maximum atomic E-state index is 5.57. The van der Waals surface area contributed by atoms with E-state index in [1.807, 2.05) is 30.5 Å². The Hall–Kier alpha value is -2.39. The molecule has 3 heteroatoms. The molecule has 0 bridgehead atoms. The molecule has 0 saturated heterocycles. The standard InChI is InChI=1S/C18H17NO2/c1-20-11-12-21-17-7-4-14(5-8-17)15-6-9-18-16(13-15)3-2-10-19-18/h2-10,13H,11-12H2,1H3. The van der Waals surface area contributed by atoms with Gasteiger partial charge >= 0.3 is 0 Å². The molecule has 2 aromatic carbocycles. The summed E-state index contributed by atoms with van der Waals surface area (Å²) in [5.74, 6) is 0.859. The van der Waals surface area contributed by atoms with E-state index in [2.05, 4.69) is 35.3 Å². The smallest absolute Gasteiger partial charge is 0.119 e. The van der Waals surface area contributed by atoms with Crippen molar-refractivity contribution in [3.05, 3.63) is 60.8 Å². The average molecular weight is 279 g/mol. The molecule has 0 aliphatic carbocycles. The number of methoxy groups -OCH3 is 1. The number of hydrogen-bond donors (Lipinski definition) is 0. The first kappa shape index (κ1) is 13.6. The zero-order valence-corrected chi connectivity index (χ0v) is 12.0. The van der Waals surface area contributed by atoms with Crippen molar-refractivity contribution in [2.45, 2.75) is 0 Å². The van der Waals surface area contributed by atoms with Crippen LogP contribution < -0.4 is 4.74 Å². The van der Waals surface area contributed by atoms with Crippen LogP contribution in [0.3, 0.4) is 0 Å². The van der Waals surface area contributed by atoms with Crippen LogP contribution in [-0.4, -0.2) is 25.3 Å². The van der Waals surface area contributed by atoms with Crippen molar-refractivity contribution in [2.75, 3.05) is 20.3 Å². The van der Waals surface area contributed by atoms with Gasteiger partial charge in [0.05, 0.1) is 12.1 Å². The van der Waals surface area contributed by atoms with Crippen molar-refractivity contribution < 1.29 is 9.47 Å². The predicted molar refractivity (Wildman–Crippen MR) is 84.6 cm³/mol. The fourth-order valence-electron chi connectivity index (χ4n) is 2.24. The fraction of sp³-hybridized carbons (Fsp3) is 0.167. The van der Waals surface area contributed by atoms with Gasteiger partial charge in [0.25, 0.3) is 0 Å². The second kappa shape index (κ2) is 6.37. The van der Waals surface area contributed by atoms with Crippen LogP contribution in [-0.2, 0) is 4.74 Å². The summed E-state index contributed by atoms with van der Waals surface area (Å²) in [5, 5.41) is 1.15.